The summed E-state index contributed by atoms with van der Waals surface area (Å²) in [4.78, 5) is 12.6. The van der Waals surface area contributed by atoms with Crippen molar-refractivity contribution in [2.24, 2.45) is 0 Å². The van der Waals surface area contributed by atoms with Crippen molar-refractivity contribution in [1.82, 2.24) is 5.32 Å². The molecule has 0 bridgehead atoms. The molecule has 3 aromatic rings. The van der Waals surface area contributed by atoms with E-state index in [4.69, 9.17) is 25.5 Å². The first kappa shape index (κ1) is 18.8. The summed E-state index contributed by atoms with van der Waals surface area (Å²) in [5.74, 6) is 0.431. The van der Waals surface area contributed by atoms with E-state index in [1.54, 1.807) is 6.07 Å². The lowest BCUT2D eigenvalue weighted by molar-refractivity contribution is 0.0437. The minimum atomic E-state index is -0.513. The minimum absolute atomic E-state index is 0.0907. The lowest BCUT2D eigenvalue weighted by atomic mass is 10.1. The van der Waals surface area contributed by atoms with Crippen molar-refractivity contribution in [3.8, 4) is 5.75 Å². The number of hydrogen-bond acceptors (Lipinski definition) is 5. The fourth-order valence-corrected chi connectivity index (χ4v) is 3.67. The molecule has 1 aliphatic rings. The Balaban J connectivity index is 1.56. The number of nitrogens with one attached hydrogen (secondary N) is 1. The first-order valence-electron chi connectivity index (χ1n) is 9.43. The Morgan fingerprint density at radius 2 is 1.96 bits per heavy atom. The van der Waals surface area contributed by atoms with Crippen molar-refractivity contribution in [3.63, 3.8) is 0 Å². The number of fused-ring (bicyclic) bond motifs is 1. The molecule has 0 atom stereocenters. The summed E-state index contributed by atoms with van der Waals surface area (Å²) in [5.41, 5.74) is 2.10. The second-order valence-corrected chi connectivity index (χ2v) is 7.33. The van der Waals surface area contributed by atoms with Gasteiger partial charge < -0.3 is 19.2 Å². The Bertz CT molecular complexity index is 991. The van der Waals surface area contributed by atoms with Gasteiger partial charge in [0.15, 0.2) is 0 Å². The maximum absolute atomic E-state index is 12.6. The van der Waals surface area contributed by atoms with Crippen LogP contribution in [-0.4, -0.2) is 25.2 Å². The van der Waals surface area contributed by atoms with E-state index in [0.717, 1.165) is 48.2 Å². The number of carbonyl (C=O) groups excluding carboxylic acids is 1. The van der Waals surface area contributed by atoms with Crippen LogP contribution < -0.4 is 10.1 Å². The molecule has 4 rings (SSSR count). The highest BCUT2D eigenvalue weighted by molar-refractivity contribution is 6.31. The molecule has 146 valence electrons. The van der Waals surface area contributed by atoms with Gasteiger partial charge in [0, 0.05) is 16.1 Å². The van der Waals surface area contributed by atoms with Gasteiger partial charge >= 0.3 is 5.97 Å². The van der Waals surface area contributed by atoms with Crippen LogP contribution in [0.25, 0.3) is 11.0 Å². The molecule has 2 heterocycles. The van der Waals surface area contributed by atoms with Crippen molar-refractivity contribution in [3.05, 3.63) is 64.4 Å². The van der Waals surface area contributed by atoms with Gasteiger partial charge in [-0.15, -0.1) is 0 Å². The lowest BCUT2D eigenvalue weighted by Crippen LogP contribution is -2.34. The molecule has 0 unspecified atom stereocenters. The Morgan fingerprint density at radius 3 is 2.75 bits per heavy atom. The van der Waals surface area contributed by atoms with Crippen molar-refractivity contribution < 1.29 is 18.7 Å². The quantitative estimate of drug-likeness (QED) is 0.619. The number of esters is 1. The molecular weight excluding hydrogens is 378 g/mol. The van der Waals surface area contributed by atoms with Crippen LogP contribution in [0.15, 0.2) is 46.9 Å². The number of piperidine rings is 1. The van der Waals surface area contributed by atoms with Crippen molar-refractivity contribution in [2.75, 3.05) is 13.1 Å². The maximum Gasteiger partial charge on any atom is 0.374 e. The second-order valence-electron chi connectivity index (χ2n) is 6.92. The number of benzene rings is 2. The summed E-state index contributed by atoms with van der Waals surface area (Å²) >= 11 is 6.13. The molecule has 2 aromatic carbocycles. The van der Waals surface area contributed by atoms with Crippen LogP contribution in [-0.2, 0) is 11.3 Å². The maximum atomic E-state index is 12.6. The Morgan fingerprint density at radius 1 is 1.18 bits per heavy atom. The van der Waals surface area contributed by atoms with Crippen LogP contribution in [0.4, 0.5) is 0 Å². The number of halogens is 1. The van der Waals surface area contributed by atoms with Gasteiger partial charge in [-0.3, -0.25) is 0 Å². The van der Waals surface area contributed by atoms with E-state index in [1.807, 2.05) is 43.3 Å². The number of hydrogen-bond donors (Lipinski definition) is 1. The zero-order valence-corrected chi connectivity index (χ0v) is 16.4. The fraction of sp³-hybridized carbons (Fsp3) is 0.318. The van der Waals surface area contributed by atoms with Gasteiger partial charge in [0.25, 0.3) is 0 Å². The fourth-order valence-electron chi connectivity index (χ4n) is 3.48. The molecule has 0 radical (unpaired) electrons. The van der Waals surface area contributed by atoms with Gasteiger partial charge in [0.05, 0.1) is 5.39 Å². The number of ether oxygens (including phenoxy) is 2. The molecule has 28 heavy (non-hydrogen) atoms. The molecule has 1 aliphatic heterocycles. The van der Waals surface area contributed by atoms with E-state index in [-0.39, 0.29) is 18.5 Å². The molecule has 1 saturated heterocycles. The van der Waals surface area contributed by atoms with Crippen LogP contribution >= 0.6 is 11.6 Å². The number of furan rings is 1. The molecule has 5 nitrogen and oxygen atoms in total. The normalized spacial score (nSPS) is 14.9. The van der Waals surface area contributed by atoms with Crippen LogP contribution in [0, 0.1) is 6.92 Å². The highest BCUT2D eigenvalue weighted by Gasteiger charge is 2.23. The predicted molar refractivity (Wildman–Crippen MR) is 108 cm³/mol. The highest BCUT2D eigenvalue weighted by Crippen LogP contribution is 2.34. The average molecular weight is 400 g/mol. The van der Waals surface area contributed by atoms with E-state index >= 15 is 0 Å². The molecule has 0 amide bonds. The zero-order chi connectivity index (χ0) is 19.5. The summed E-state index contributed by atoms with van der Waals surface area (Å²) in [5, 5.41) is 4.72. The van der Waals surface area contributed by atoms with E-state index in [9.17, 15) is 4.79 Å². The van der Waals surface area contributed by atoms with Crippen molar-refractivity contribution in [2.45, 2.75) is 32.5 Å². The standard InChI is InChI=1S/C22H22ClNO4/c1-14-20-18(27-16-9-11-24-12-10-16)7-4-8-19(20)28-21(14)22(25)26-13-15-5-2-3-6-17(15)23/h2-8,16,24H,9-13H2,1H3. The van der Waals surface area contributed by atoms with Crippen molar-refractivity contribution >= 4 is 28.5 Å². The Labute approximate surface area is 168 Å². The van der Waals surface area contributed by atoms with Gasteiger partial charge in [-0.05, 0) is 51.1 Å². The molecule has 1 fully saturated rings. The molecular formula is C22H22ClNO4. The summed E-state index contributed by atoms with van der Waals surface area (Å²) < 4.78 is 17.5. The van der Waals surface area contributed by atoms with Gasteiger partial charge in [-0.1, -0.05) is 35.9 Å². The van der Waals surface area contributed by atoms with Gasteiger partial charge in [0.2, 0.25) is 5.76 Å². The summed E-state index contributed by atoms with van der Waals surface area (Å²) in [6.07, 6.45) is 2.08. The van der Waals surface area contributed by atoms with E-state index in [0.29, 0.717) is 10.6 Å². The number of rotatable bonds is 5. The first-order valence-corrected chi connectivity index (χ1v) is 9.81. The third kappa shape index (κ3) is 3.86. The molecule has 0 aliphatic carbocycles. The van der Waals surface area contributed by atoms with E-state index in [2.05, 4.69) is 5.32 Å². The minimum Gasteiger partial charge on any atom is -0.490 e. The van der Waals surface area contributed by atoms with E-state index < -0.39 is 5.97 Å². The molecule has 6 heteroatoms. The molecule has 0 spiro atoms. The van der Waals surface area contributed by atoms with E-state index in [1.165, 1.54) is 0 Å². The van der Waals surface area contributed by atoms with Crippen LogP contribution in [0.2, 0.25) is 5.02 Å². The largest absolute Gasteiger partial charge is 0.490 e. The summed E-state index contributed by atoms with van der Waals surface area (Å²) in [6, 6.07) is 12.9. The van der Waals surface area contributed by atoms with Crippen molar-refractivity contribution in [1.29, 1.82) is 0 Å². The molecule has 0 saturated carbocycles. The Kier molecular flexibility index (Phi) is 5.55. The lowest BCUT2D eigenvalue weighted by Gasteiger charge is -2.24. The monoisotopic (exact) mass is 399 g/mol. The Hall–Kier alpha value is -2.50. The second kappa shape index (κ2) is 8.25. The predicted octanol–water partition coefficient (Wildman–Crippen LogP) is 4.88. The van der Waals surface area contributed by atoms with Gasteiger partial charge in [-0.2, -0.15) is 0 Å². The zero-order valence-electron chi connectivity index (χ0n) is 15.7. The van der Waals surface area contributed by atoms with Gasteiger partial charge in [0.1, 0.15) is 24.0 Å². The average Bonchev–Trinajstić information content (AvgIpc) is 3.06. The topological polar surface area (TPSA) is 60.7 Å². The first-order chi connectivity index (χ1) is 13.6. The number of carbonyl (C=O) groups is 1. The molecule has 1 N–H and O–H groups in total. The van der Waals surface area contributed by atoms with Gasteiger partial charge in [-0.25, -0.2) is 4.79 Å². The smallest absolute Gasteiger partial charge is 0.374 e. The SMILES string of the molecule is Cc1c(C(=O)OCc2ccccc2Cl)oc2cccc(OC3CCNCC3)c12. The summed E-state index contributed by atoms with van der Waals surface area (Å²) in [7, 11) is 0. The third-order valence-corrected chi connectivity index (χ3v) is 5.37. The van der Waals surface area contributed by atoms with Crippen LogP contribution in [0.3, 0.4) is 0 Å². The van der Waals surface area contributed by atoms with Crippen LogP contribution in [0.5, 0.6) is 5.75 Å². The molecule has 1 aromatic heterocycles. The number of aryl methyl sites for hydroxylation is 1. The summed E-state index contributed by atoms with van der Waals surface area (Å²) in [6.45, 7) is 3.84. The van der Waals surface area contributed by atoms with Crippen LogP contribution in [0.1, 0.15) is 34.5 Å². The third-order valence-electron chi connectivity index (χ3n) is 5.00. The highest BCUT2D eigenvalue weighted by atomic mass is 35.5.